The first-order chi connectivity index (χ1) is 20.5. The predicted molar refractivity (Wildman–Crippen MR) is 157 cm³/mol. The van der Waals surface area contributed by atoms with Crippen molar-refractivity contribution in [3.05, 3.63) is 108 Å². The predicted octanol–water partition coefficient (Wildman–Crippen LogP) is 6.70. The van der Waals surface area contributed by atoms with Crippen LogP contribution in [0.1, 0.15) is 36.8 Å². The van der Waals surface area contributed by atoms with Crippen molar-refractivity contribution in [3.63, 3.8) is 0 Å². The minimum Gasteiger partial charge on any atom is -0.473 e. The molecule has 3 heterocycles. The van der Waals surface area contributed by atoms with Gasteiger partial charge in [0.25, 0.3) is 0 Å². The highest BCUT2D eigenvalue weighted by molar-refractivity contribution is 5.72. The summed E-state index contributed by atoms with van der Waals surface area (Å²) in [6.45, 7) is 1.74. The normalized spacial score (nSPS) is 17.9. The Morgan fingerprint density at radius 2 is 1.45 bits per heavy atom. The summed E-state index contributed by atoms with van der Waals surface area (Å²) in [4.78, 5) is 6.50. The van der Waals surface area contributed by atoms with Crippen LogP contribution in [0, 0.1) is 11.6 Å². The maximum atomic E-state index is 15.7. The minimum absolute atomic E-state index is 0.0232. The molecule has 0 aliphatic carbocycles. The smallest absolute Gasteiger partial charge is 0.225 e. The molecule has 8 heteroatoms. The molecular weight excluding hydrogens is 538 g/mol. The molecule has 1 aromatic heterocycles. The third-order valence-electron chi connectivity index (χ3n) is 8.16. The van der Waals surface area contributed by atoms with E-state index in [2.05, 4.69) is 4.98 Å². The van der Waals surface area contributed by atoms with Gasteiger partial charge in [-0.15, -0.1) is 0 Å². The summed E-state index contributed by atoms with van der Waals surface area (Å²) in [5.41, 5.74) is 2.13. The van der Waals surface area contributed by atoms with Crippen molar-refractivity contribution in [3.8, 4) is 22.9 Å². The van der Waals surface area contributed by atoms with Gasteiger partial charge in [0.15, 0.2) is 0 Å². The number of hydrogen-bond acceptors (Lipinski definition) is 6. The Labute approximate surface area is 244 Å². The monoisotopic (exact) mass is 572 g/mol. The fraction of sp³-hybridized carbons (Fsp3) is 0.324. The maximum Gasteiger partial charge on any atom is 0.225 e. The number of hydrogen-bond donors (Lipinski definition) is 1. The number of aromatic nitrogens is 1. The summed E-state index contributed by atoms with van der Waals surface area (Å²) in [6.07, 6.45) is 3.12. The van der Waals surface area contributed by atoms with E-state index in [1.165, 1.54) is 12.1 Å². The lowest BCUT2D eigenvalue weighted by Gasteiger charge is -2.40. The van der Waals surface area contributed by atoms with Gasteiger partial charge in [0.05, 0.1) is 29.4 Å². The molecule has 6 rings (SSSR count). The molecule has 218 valence electrons. The number of rotatable bonds is 9. The van der Waals surface area contributed by atoms with Gasteiger partial charge < -0.3 is 24.2 Å². The Morgan fingerprint density at radius 3 is 2.05 bits per heavy atom. The summed E-state index contributed by atoms with van der Waals surface area (Å²) in [5.74, 6) is -0.992. The third-order valence-corrected chi connectivity index (χ3v) is 8.16. The van der Waals surface area contributed by atoms with Gasteiger partial charge in [0.1, 0.15) is 24.8 Å². The Bertz CT molecular complexity index is 1470. The zero-order valence-electron chi connectivity index (χ0n) is 23.3. The molecule has 2 aliphatic heterocycles. The van der Waals surface area contributed by atoms with Crippen molar-refractivity contribution < 1.29 is 28.1 Å². The summed E-state index contributed by atoms with van der Waals surface area (Å²) < 4.78 is 49.5. The molecule has 1 spiro atoms. The van der Waals surface area contributed by atoms with Crippen LogP contribution in [0.5, 0.6) is 11.8 Å². The molecule has 3 aromatic carbocycles. The van der Waals surface area contributed by atoms with Crippen LogP contribution in [0.2, 0.25) is 0 Å². The lowest BCUT2D eigenvalue weighted by molar-refractivity contribution is -0.0713. The van der Waals surface area contributed by atoms with Crippen molar-refractivity contribution >= 4 is 5.69 Å². The SMILES string of the molecule is OCC1CCC2(CCN(c3cc(F)c(-c4ccc(OCc5ccccc5)nc4OCc4ccccc4)c(F)c3)CC2)O1. The molecule has 42 heavy (non-hydrogen) atoms. The number of benzene rings is 3. The summed E-state index contributed by atoms with van der Waals surface area (Å²) >= 11 is 0. The zero-order valence-corrected chi connectivity index (χ0v) is 23.3. The van der Waals surface area contributed by atoms with Gasteiger partial charge in [-0.2, -0.15) is 4.98 Å². The molecule has 2 saturated heterocycles. The molecule has 0 bridgehead atoms. The van der Waals surface area contributed by atoms with Crippen LogP contribution in [0.25, 0.3) is 11.1 Å². The Kier molecular flexibility index (Phi) is 8.35. The summed E-state index contributed by atoms with van der Waals surface area (Å²) in [5, 5.41) is 9.45. The fourth-order valence-corrected chi connectivity index (χ4v) is 5.83. The molecule has 0 radical (unpaired) electrons. The second-order valence-corrected chi connectivity index (χ2v) is 11.0. The van der Waals surface area contributed by atoms with Crippen molar-refractivity contribution in [2.24, 2.45) is 0 Å². The van der Waals surface area contributed by atoms with E-state index in [9.17, 15) is 5.11 Å². The molecule has 1 N–H and O–H groups in total. The topological polar surface area (TPSA) is 64.1 Å². The Hall–Kier alpha value is -4.01. The fourth-order valence-electron chi connectivity index (χ4n) is 5.83. The largest absolute Gasteiger partial charge is 0.473 e. The van der Waals surface area contributed by atoms with Gasteiger partial charge in [-0.1, -0.05) is 60.7 Å². The van der Waals surface area contributed by atoms with Crippen LogP contribution < -0.4 is 14.4 Å². The van der Waals surface area contributed by atoms with E-state index in [4.69, 9.17) is 14.2 Å². The van der Waals surface area contributed by atoms with Crippen molar-refractivity contribution in [2.75, 3.05) is 24.6 Å². The average molecular weight is 573 g/mol. The zero-order chi connectivity index (χ0) is 28.9. The number of anilines is 1. The molecule has 4 aromatic rings. The van der Waals surface area contributed by atoms with E-state index in [1.807, 2.05) is 65.6 Å². The molecular formula is C34H34F2N2O4. The van der Waals surface area contributed by atoms with Crippen LogP contribution >= 0.6 is 0 Å². The number of halogens is 2. The summed E-state index contributed by atoms with van der Waals surface area (Å²) in [6, 6.07) is 25.2. The van der Waals surface area contributed by atoms with E-state index in [0.717, 1.165) is 36.8 Å². The Morgan fingerprint density at radius 1 is 0.833 bits per heavy atom. The van der Waals surface area contributed by atoms with Gasteiger partial charge in [0.2, 0.25) is 11.8 Å². The first kappa shape index (κ1) is 28.1. The van der Waals surface area contributed by atoms with Crippen LogP contribution in [0.15, 0.2) is 84.9 Å². The number of aliphatic hydroxyl groups excluding tert-OH is 1. The molecule has 2 aliphatic rings. The standard InChI is InChI=1S/C34H34F2N2O4/c35-29-19-26(38-17-15-34(16-18-38)14-13-27(21-39)42-34)20-30(36)32(29)28-11-12-31(40-22-24-7-3-1-4-8-24)37-33(28)41-23-25-9-5-2-6-10-25/h1-12,19-20,27,39H,13-18,21-23H2. The number of ether oxygens (including phenoxy) is 3. The van der Waals surface area contributed by atoms with Crippen LogP contribution in [0.3, 0.4) is 0 Å². The average Bonchev–Trinajstić information content (AvgIpc) is 3.43. The maximum absolute atomic E-state index is 15.7. The first-order valence-corrected chi connectivity index (χ1v) is 14.4. The first-order valence-electron chi connectivity index (χ1n) is 14.4. The van der Waals surface area contributed by atoms with Crippen molar-refractivity contribution in [2.45, 2.75) is 50.6 Å². The minimum atomic E-state index is -0.688. The highest BCUT2D eigenvalue weighted by atomic mass is 19.1. The molecule has 0 saturated carbocycles. The van der Waals surface area contributed by atoms with E-state index in [1.54, 1.807) is 12.1 Å². The lowest BCUT2D eigenvalue weighted by Crippen LogP contribution is -2.44. The van der Waals surface area contributed by atoms with Gasteiger partial charge in [-0.05, 0) is 55.0 Å². The molecule has 1 unspecified atom stereocenters. The van der Waals surface area contributed by atoms with E-state index < -0.39 is 11.6 Å². The lowest BCUT2D eigenvalue weighted by atomic mass is 9.88. The quantitative estimate of drug-likeness (QED) is 0.241. The van der Waals surface area contributed by atoms with Crippen LogP contribution in [0.4, 0.5) is 14.5 Å². The van der Waals surface area contributed by atoms with Gasteiger partial charge >= 0.3 is 0 Å². The van der Waals surface area contributed by atoms with Crippen molar-refractivity contribution in [1.29, 1.82) is 0 Å². The van der Waals surface area contributed by atoms with Crippen molar-refractivity contribution in [1.82, 2.24) is 4.98 Å². The highest BCUT2D eigenvalue weighted by Gasteiger charge is 2.42. The summed E-state index contributed by atoms with van der Waals surface area (Å²) in [7, 11) is 0. The Balaban J connectivity index is 1.24. The van der Waals surface area contributed by atoms with E-state index >= 15 is 8.78 Å². The van der Waals surface area contributed by atoms with Crippen LogP contribution in [-0.2, 0) is 18.0 Å². The number of piperidine rings is 1. The molecule has 2 fully saturated rings. The van der Waals surface area contributed by atoms with E-state index in [-0.39, 0.29) is 41.9 Å². The van der Waals surface area contributed by atoms with Gasteiger partial charge in [-0.25, -0.2) is 8.78 Å². The van der Waals surface area contributed by atoms with Crippen LogP contribution in [-0.4, -0.2) is 41.5 Å². The highest BCUT2D eigenvalue weighted by Crippen LogP contribution is 2.41. The number of aliphatic hydroxyl groups is 1. The number of nitrogens with zero attached hydrogens (tertiary/aromatic N) is 2. The van der Waals surface area contributed by atoms with Gasteiger partial charge in [0, 0.05) is 24.8 Å². The van der Waals surface area contributed by atoms with E-state index in [0.29, 0.717) is 31.3 Å². The molecule has 1 atom stereocenters. The number of pyridine rings is 1. The molecule has 0 amide bonds. The second kappa shape index (κ2) is 12.5. The second-order valence-electron chi connectivity index (χ2n) is 11.0. The van der Waals surface area contributed by atoms with Gasteiger partial charge in [-0.3, -0.25) is 0 Å². The third kappa shape index (κ3) is 6.25. The molecule has 6 nitrogen and oxygen atoms in total.